The van der Waals surface area contributed by atoms with Gasteiger partial charge < -0.3 is 4.74 Å². The van der Waals surface area contributed by atoms with Crippen molar-refractivity contribution in [2.24, 2.45) is 0 Å². The molecule has 1 aromatic rings. The Balaban J connectivity index is 2.41. The summed E-state index contributed by atoms with van der Waals surface area (Å²) in [6, 6.07) is 5.85. The first kappa shape index (κ1) is 16.3. The lowest BCUT2D eigenvalue weighted by Gasteiger charge is -2.26. The highest BCUT2D eigenvalue weighted by molar-refractivity contribution is 7.92. The van der Waals surface area contributed by atoms with Crippen LogP contribution in [0.15, 0.2) is 29.2 Å². The Kier molecular flexibility index (Phi) is 4.60. The summed E-state index contributed by atoms with van der Waals surface area (Å²) in [5.74, 6) is 0.182. The number of nitrogens with zero attached hydrogens (tertiary/aromatic N) is 1. The van der Waals surface area contributed by atoms with Crippen molar-refractivity contribution in [3.63, 3.8) is 0 Å². The van der Waals surface area contributed by atoms with Crippen LogP contribution < -0.4 is 4.74 Å². The van der Waals surface area contributed by atoms with E-state index in [0.29, 0.717) is 6.42 Å². The molecule has 2 rings (SSSR count). The molecule has 118 valence electrons. The smallest absolute Gasteiger partial charge is 0.247 e. The van der Waals surface area contributed by atoms with Gasteiger partial charge in [-0.15, -0.1) is 0 Å². The van der Waals surface area contributed by atoms with Crippen molar-refractivity contribution < 1.29 is 21.6 Å². The quantitative estimate of drug-likeness (QED) is 0.799. The molecule has 0 saturated carbocycles. The van der Waals surface area contributed by atoms with Gasteiger partial charge in [-0.25, -0.2) is 16.8 Å². The van der Waals surface area contributed by atoms with Crippen molar-refractivity contribution >= 4 is 19.9 Å². The van der Waals surface area contributed by atoms with Crippen LogP contribution in [0.2, 0.25) is 0 Å². The molecule has 0 N–H and O–H groups in total. The van der Waals surface area contributed by atoms with Gasteiger partial charge in [0.25, 0.3) is 0 Å². The number of para-hydroxylation sites is 1. The lowest BCUT2D eigenvalue weighted by Crippen LogP contribution is -2.41. The monoisotopic (exact) mass is 333 g/mol. The number of benzene rings is 1. The van der Waals surface area contributed by atoms with Crippen LogP contribution in [0.1, 0.15) is 13.3 Å². The molecule has 1 saturated heterocycles. The second-order valence-electron chi connectivity index (χ2n) is 4.92. The first-order valence-electron chi connectivity index (χ1n) is 6.67. The van der Waals surface area contributed by atoms with E-state index < -0.39 is 25.9 Å². The Bertz CT molecular complexity index is 712. The third kappa shape index (κ3) is 3.22. The third-order valence-electron chi connectivity index (χ3n) is 3.58. The molecule has 6 nitrogen and oxygen atoms in total. The van der Waals surface area contributed by atoms with Crippen LogP contribution in [0.4, 0.5) is 0 Å². The van der Waals surface area contributed by atoms with Gasteiger partial charge in [-0.2, -0.15) is 4.31 Å². The van der Waals surface area contributed by atoms with Gasteiger partial charge in [-0.1, -0.05) is 19.1 Å². The summed E-state index contributed by atoms with van der Waals surface area (Å²) < 4.78 is 55.2. The van der Waals surface area contributed by atoms with E-state index in [1.807, 2.05) is 0 Å². The average Bonchev–Trinajstić information content (AvgIpc) is 2.79. The fourth-order valence-electron chi connectivity index (χ4n) is 2.59. The number of ether oxygens (including phenoxy) is 1. The molecule has 1 aliphatic rings. The number of sulfone groups is 1. The van der Waals surface area contributed by atoms with Crippen LogP contribution >= 0.6 is 0 Å². The summed E-state index contributed by atoms with van der Waals surface area (Å²) in [6.45, 7) is 1.93. The van der Waals surface area contributed by atoms with Crippen LogP contribution in [0, 0.1) is 0 Å². The molecule has 1 fully saturated rings. The van der Waals surface area contributed by atoms with Gasteiger partial charge in [-0.05, 0) is 18.6 Å². The lowest BCUT2D eigenvalue weighted by atomic mass is 10.3. The summed E-state index contributed by atoms with van der Waals surface area (Å²) >= 11 is 0. The summed E-state index contributed by atoms with van der Waals surface area (Å²) in [4.78, 5) is 0.0682. The highest BCUT2D eigenvalue weighted by Crippen LogP contribution is 2.29. The van der Waals surface area contributed by atoms with Crippen molar-refractivity contribution in [1.29, 1.82) is 0 Å². The van der Waals surface area contributed by atoms with E-state index in [9.17, 15) is 16.8 Å². The highest BCUT2D eigenvalue weighted by Gasteiger charge is 2.38. The first-order chi connectivity index (χ1) is 9.81. The summed E-state index contributed by atoms with van der Waals surface area (Å²) in [7, 11) is -5.52. The Labute approximate surface area is 125 Å². The standard InChI is InChI=1S/C13H19NO5S2/c1-3-14(11-8-9-20(15,16)10-11)21(17,18)13-7-5-4-6-12(13)19-2/h4-7,11H,3,8-10H2,1-2H3. The Morgan fingerprint density at radius 3 is 2.52 bits per heavy atom. The van der Waals surface area contributed by atoms with Gasteiger partial charge in [0.05, 0.1) is 18.6 Å². The van der Waals surface area contributed by atoms with Gasteiger partial charge in [0.15, 0.2) is 9.84 Å². The molecule has 21 heavy (non-hydrogen) atoms. The van der Waals surface area contributed by atoms with Gasteiger partial charge in [0.1, 0.15) is 10.6 Å². The third-order valence-corrected chi connectivity index (χ3v) is 7.40. The van der Waals surface area contributed by atoms with Gasteiger partial charge in [0.2, 0.25) is 10.0 Å². The molecule has 0 aromatic heterocycles. The molecule has 1 heterocycles. The van der Waals surface area contributed by atoms with Crippen LogP contribution in [-0.4, -0.2) is 52.3 Å². The predicted molar refractivity (Wildman–Crippen MR) is 79.6 cm³/mol. The molecule has 0 bridgehead atoms. The molecule has 1 aliphatic heterocycles. The normalized spacial score (nSPS) is 21.6. The van der Waals surface area contributed by atoms with E-state index in [4.69, 9.17) is 4.74 Å². The average molecular weight is 333 g/mol. The van der Waals surface area contributed by atoms with Crippen LogP contribution in [0.3, 0.4) is 0 Å². The molecule has 1 atom stereocenters. The van der Waals surface area contributed by atoms with E-state index >= 15 is 0 Å². The molecule has 0 radical (unpaired) electrons. The number of hydrogen-bond donors (Lipinski definition) is 0. The van der Waals surface area contributed by atoms with Crippen molar-refractivity contribution in [2.45, 2.75) is 24.3 Å². The molecule has 0 aliphatic carbocycles. The number of rotatable bonds is 5. The summed E-state index contributed by atoms with van der Waals surface area (Å²) in [5.41, 5.74) is 0. The van der Waals surface area contributed by atoms with Crippen molar-refractivity contribution in [3.8, 4) is 5.75 Å². The number of sulfonamides is 1. The van der Waals surface area contributed by atoms with E-state index in [-0.39, 0.29) is 28.7 Å². The minimum Gasteiger partial charge on any atom is -0.495 e. The van der Waals surface area contributed by atoms with E-state index in [2.05, 4.69) is 0 Å². The Hall–Kier alpha value is -1.12. The molecule has 1 aromatic carbocycles. The van der Waals surface area contributed by atoms with Crippen LogP contribution in [0.5, 0.6) is 5.75 Å². The van der Waals surface area contributed by atoms with E-state index in [1.165, 1.54) is 17.5 Å². The maximum Gasteiger partial charge on any atom is 0.247 e. The zero-order valence-electron chi connectivity index (χ0n) is 12.0. The summed E-state index contributed by atoms with van der Waals surface area (Å²) in [6.07, 6.45) is 0.338. The highest BCUT2D eigenvalue weighted by atomic mass is 32.2. The minimum atomic E-state index is -3.78. The fraction of sp³-hybridized carbons (Fsp3) is 0.538. The fourth-order valence-corrected chi connectivity index (χ4v) is 6.23. The Morgan fingerprint density at radius 2 is 2.00 bits per heavy atom. The zero-order valence-corrected chi connectivity index (χ0v) is 13.7. The second kappa shape index (κ2) is 5.94. The first-order valence-corrected chi connectivity index (χ1v) is 9.93. The molecule has 1 unspecified atom stereocenters. The Morgan fingerprint density at radius 1 is 1.33 bits per heavy atom. The molecular formula is C13H19NO5S2. The van der Waals surface area contributed by atoms with Crippen LogP contribution in [0.25, 0.3) is 0 Å². The molecule has 8 heteroatoms. The maximum atomic E-state index is 12.8. The number of hydrogen-bond acceptors (Lipinski definition) is 5. The summed E-state index contributed by atoms with van der Waals surface area (Å²) in [5, 5.41) is 0. The largest absolute Gasteiger partial charge is 0.495 e. The zero-order chi connectivity index (χ0) is 15.7. The molecular weight excluding hydrogens is 314 g/mol. The van der Waals surface area contributed by atoms with Crippen LogP contribution in [-0.2, 0) is 19.9 Å². The van der Waals surface area contributed by atoms with Gasteiger partial charge in [0, 0.05) is 12.6 Å². The predicted octanol–water partition coefficient (Wildman–Crippen LogP) is 0.893. The van der Waals surface area contributed by atoms with Crippen molar-refractivity contribution in [3.05, 3.63) is 24.3 Å². The second-order valence-corrected chi connectivity index (χ2v) is 9.00. The van der Waals surface area contributed by atoms with Crippen molar-refractivity contribution in [1.82, 2.24) is 4.31 Å². The SMILES string of the molecule is CCN(C1CCS(=O)(=O)C1)S(=O)(=O)c1ccccc1OC. The van der Waals surface area contributed by atoms with E-state index in [0.717, 1.165) is 0 Å². The minimum absolute atomic E-state index is 0.0373. The lowest BCUT2D eigenvalue weighted by molar-refractivity contribution is 0.349. The van der Waals surface area contributed by atoms with Crippen molar-refractivity contribution in [2.75, 3.05) is 25.2 Å². The van der Waals surface area contributed by atoms with Gasteiger partial charge in [-0.3, -0.25) is 0 Å². The topological polar surface area (TPSA) is 80.8 Å². The maximum absolute atomic E-state index is 12.8. The molecule has 0 spiro atoms. The van der Waals surface area contributed by atoms with E-state index in [1.54, 1.807) is 25.1 Å². The molecule has 0 amide bonds. The van der Waals surface area contributed by atoms with Gasteiger partial charge >= 0.3 is 0 Å². The number of methoxy groups -OCH3 is 1.